The zero-order valence-electron chi connectivity index (χ0n) is 15.2. The van der Waals surface area contributed by atoms with Crippen LogP contribution in [-0.2, 0) is 4.74 Å². The smallest absolute Gasteiger partial charge is 0.204 e. The molecule has 0 radical (unpaired) electrons. The summed E-state index contributed by atoms with van der Waals surface area (Å²) in [6, 6.07) is 8.23. The number of hydrogen-bond acceptors (Lipinski definition) is 3. The summed E-state index contributed by atoms with van der Waals surface area (Å²) in [7, 11) is 0. The molecule has 1 fully saturated rings. The fraction of sp³-hybridized carbons (Fsp3) is 0.700. The maximum atomic E-state index is 6.31. The van der Waals surface area contributed by atoms with Gasteiger partial charge < -0.3 is 15.2 Å². The topological polar surface area (TPSA) is 44.5 Å². The first-order valence-corrected chi connectivity index (χ1v) is 9.08. The number of nitrogens with two attached hydrogens (primary N) is 1. The molecule has 0 saturated heterocycles. The third kappa shape index (κ3) is 5.50. The SMILES string of the molecule is CCC(N)c1ccc(OC(OC2CCCCC2)C(C)(C)C)cc1. The van der Waals surface area contributed by atoms with Gasteiger partial charge in [-0.25, -0.2) is 0 Å². The zero-order chi connectivity index (χ0) is 16.9. The van der Waals surface area contributed by atoms with Gasteiger partial charge in [0.05, 0.1) is 6.10 Å². The molecule has 1 aliphatic rings. The van der Waals surface area contributed by atoms with Crippen molar-refractivity contribution in [3.8, 4) is 5.75 Å². The van der Waals surface area contributed by atoms with E-state index in [9.17, 15) is 0 Å². The van der Waals surface area contributed by atoms with Crippen LogP contribution in [0.5, 0.6) is 5.75 Å². The molecule has 0 spiro atoms. The third-order valence-electron chi connectivity index (χ3n) is 4.57. The Morgan fingerprint density at radius 3 is 2.22 bits per heavy atom. The van der Waals surface area contributed by atoms with Crippen molar-refractivity contribution < 1.29 is 9.47 Å². The van der Waals surface area contributed by atoms with E-state index in [1.54, 1.807) is 0 Å². The Morgan fingerprint density at radius 1 is 1.09 bits per heavy atom. The van der Waals surface area contributed by atoms with E-state index in [0.717, 1.165) is 30.6 Å². The Kier molecular flexibility index (Phi) is 6.49. The molecule has 2 unspecified atom stereocenters. The Hall–Kier alpha value is -1.06. The number of ether oxygens (including phenoxy) is 2. The van der Waals surface area contributed by atoms with Gasteiger partial charge in [0.1, 0.15) is 5.75 Å². The molecule has 1 aliphatic carbocycles. The van der Waals surface area contributed by atoms with Crippen LogP contribution in [0.3, 0.4) is 0 Å². The Bertz CT molecular complexity index is 458. The number of hydrogen-bond donors (Lipinski definition) is 1. The average molecular weight is 319 g/mol. The van der Waals surface area contributed by atoms with Crippen LogP contribution in [0, 0.1) is 5.41 Å². The van der Waals surface area contributed by atoms with E-state index in [0.29, 0.717) is 6.10 Å². The molecule has 1 aromatic rings. The second kappa shape index (κ2) is 8.16. The van der Waals surface area contributed by atoms with Crippen LogP contribution in [0.4, 0.5) is 0 Å². The summed E-state index contributed by atoms with van der Waals surface area (Å²) in [6.07, 6.45) is 7.23. The summed E-state index contributed by atoms with van der Waals surface area (Å²) in [5, 5.41) is 0. The molecular weight excluding hydrogens is 286 g/mol. The van der Waals surface area contributed by atoms with Gasteiger partial charge in [-0.15, -0.1) is 0 Å². The van der Waals surface area contributed by atoms with Crippen molar-refractivity contribution in [2.75, 3.05) is 0 Å². The first kappa shape index (κ1) is 18.3. The highest BCUT2D eigenvalue weighted by molar-refractivity contribution is 5.29. The Morgan fingerprint density at radius 2 is 1.70 bits per heavy atom. The molecule has 1 aromatic carbocycles. The highest BCUT2D eigenvalue weighted by Crippen LogP contribution is 2.31. The van der Waals surface area contributed by atoms with E-state index < -0.39 is 0 Å². The molecule has 3 heteroatoms. The van der Waals surface area contributed by atoms with Crippen molar-refractivity contribution >= 4 is 0 Å². The second-order valence-electron chi connectivity index (χ2n) is 7.80. The molecule has 0 amide bonds. The predicted octanol–water partition coefficient (Wildman–Crippen LogP) is 5.20. The molecule has 3 nitrogen and oxygen atoms in total. The lowest BCUT2D eigenvalue weighted by Crippen LogP contribution is -2.38. The predicted molar refractivity (Wildman–Crippen MR) is 95.5 cm³/mol. The van der Waals surface area contributed by atoms with Gasteiger partial charge in [0, 0.05) is 11.5 Å². The fourth-order valence-electron chi connectivity index (χ4n) is 2.94. The van der Waals surface area contributed by atoms with Gasteiger partial charge in [0.25, 0.3) is 0 Å². The standard InChI is InChI=1S/C20H33NO2/c1-5-18(21)15-11-13-17(14-12-15)23-19(20(2,3)4)22-16-9-7-6-8-10-16/h11-14,16,18-19H,5-10,21H2,1-4H3. The highest BCUT2D eigenvalue weighted by Gasteiger charge is 2.31. The van der Waals surface area contributed by atoms with Crippen LogP contribution in [0.1, 0.15) is 77.8 Å². The van der Waals surface area contributed by atoms with Gasteiger partial charge in [0.15, 0.2) is 0 Å². The van der Waals surface area contributed by atoms with Gasteiger partial charge in [-0.05, 0) is 37.0 Å². The maximum Gasteiger partial charge on any atom is 0.204 e. The van der Waals surface area contributed by atoms with Crippen LogP contribution in [-0.4, -0.2) is 12.4 Å². The molecule has 23 heavy (non-hydrogen) atoms. The molecule has 0 aromatic heterocycles. The Labute approximate surface area is 141 Å². The van der Waals surface area contributed by atoms with Crippen molar-refractivity contribution in [3.63, 3.8) is 0 Å². The number of benzene rings is 1. The summed E-state index contributed by atoms with van der Waals surface area (Å²) in [5.74, 6) is 0.854. The van der Waals surface area contributed by atoms with Gasteiger partial charge in [-0.2, -0.15) is 0 Å². The summed E-state index contributed by atoms with van der Waals surface area (Å²) in [6.45, 7) is 8.61. The van der Waals surface area contributed by atoms with Crippen LogP contribution in [0.25, 0.3) is 0 Å². The fourth-order valence-corrected chi connectivity index (χ4v) is 2.94. The molecule has 2 rings (SSSR count). The van der Waals surface area contributed by atoms with E-state index >= 15 is 0 Å². The van der Waals surface area contributed by atoms with E-state index in [-0.39, 0.29) is 17.7 Å². The maximum absolute atomic E-state index is 6.31. The van der Waals surface area contributed by atoms with Gasteiger partial charge in [-0.3, -0.25) is 0 Å². The first-order valence-electron chi connectivity index (χ1n) is 9.08. The normalized spacial score (nSPS) is 19.3. The van der Waals surface area contributed by atoms with Gasteiger partial charge in [0.2, 0.25) is 6.29 Å². The molecule has 1 saturated carbocycles. The molecule has 2 N–H and O–H groups in total. The zero-order valence-corrected chi connectivity index (χ0v) is 15.2. The van der Waals surface area contributed by atoms with Crippen molar-refractivity contribution in [1.82, 2.24) is 0 Å². The molecule has 130 valence electrons. The van der Waals surface area contributed by atoms with Crippen molar-refractivity contribution in [3.05, 3.63) is 29.8 Å². The summed E-state index contributed by atoms with van der Waals surface area (Å²) < 4.78 is 12.5. The highest BCUT2D eigenvalue weighted by atomic mass is 16.7. The second-order valence-corrected chi connectivity index (χ2v) is 7.80. The van der Waals surface area contributed by atoms with Gasteiger partial charge >= 0.3 is 0 Å². The lowest BCUT2D eigenvalue weighted by atomic mass is 9.94. The minimum absolute atomic E-state index is 0.0596. The molecule has 0 heterocycles. The number of rotatable bonds is 6. The molecule has 0 bridgehead atoms. The van der Waals surface area contributed by atoms with Crippen molar-refractivity contribution in [2.24, 2.45) is 11.1 Å². The lowest BCUT2D eigenvalue weighted by Gasteiger charge is -2.35. The molecule has 2 atom stereocenters. The lowest BCUT2D eigenvalue weighted by molar-refractivity contribution is -0.177. The van der Waals surface area contributed by atoms with E-state index in [1.165, 1.54) is 19.3 Å². The van der Waals surface area contributed by atoms with E-state index in [2.05, 4.69) is 39.8 Å². The summed E-state index contributed by atoms with van der Waals surface area (Å²) in [4.78, 5) is 0. The largest absolute Gasteiger partial charge is 0.464 e. The van der Waals surface area contributed by atoms with E-state index in [1.807, 2.05) is 12.1 Å². The van der Waals surface area contributed by atoms with Crippen LogP contribution in [0.15, 0.2) is 24.3 Å². The average Bonchev–Trinajstić information content (AvgIpc) is 2.54. The van der Waals surface area contributed by atoms with Gasteiger partial charge in [-0.1, -0.05) is 59.1 Å². The molecular formula is C20H33NO2. The monoisotopic (exact) mass is 319 g/mol. The quantitative estimate of drug-likeness (QED) is 0.733. The van der Waals surface area contributed by atoms with Crippen LogP contribution in [0.2, 0.25) is 0 Å². The first-order chi connectivity index (χ1) is 10.9. The Balaban J connectivity index is 2.02. The van der Waals surface area contributed by atoms with E-state index in [4.69, 9.17) is 15.2 Å². The van der Waals surface area contributed by atoms with Crippen molar-refractivity contribution in [1.29, 1.82) is 0 Å². The summed E-state index contributed by atoms with van der Waals surface area (Å²) in [5.41, 5.74) is 7.17. The van der Waals surface area contributed by atoms with Crippen LogP contribution >= 0.6 is 0 Å². The summed E-state index contributed by atoms with van der Waals surface area (Å²) >= 11 is 0. The minimum atomic E-state index is -0.226. The molecule has 0 aliphatic heterocycles. The minimum Gasteiger partial charge on any atom is -0.464 e. The van der Waals surface area contributed by atoms with Crippen molar-refractivity contribution in [2.45, 2.75) is 84.7 Å². The third-order valence-corrected chi connectivity index (χ3v) is 4.57. The van der Waals surface area contributed by atoms with Crippen LogP contribution < -0.4 is 10.5 Å².